The van der Waals surface area contributed by atoms with Gasteiger partial charge in [-0.1, -0.05) is 43.0 Å². The van der Waals surface area contributed by atoms with Crippen LogP contribution in [0.1, 0.15) is 49.4 Å². The molecule has 176 valence electrons. The van der Waals surface area contributed by atoms with E-state index in [0.717, 1.165) is 38.2 Å². The number of nitro benzene ring substituents is 1. The van der Waals surface area contributed by atoms with Crippen LogP contribution >= 0.6 is 11.6 Å². The smallest absolute Gasteiger partial charge is 0.341 e. The van der Waals surface area contributed by atoms with E-state index in [1.54, 1.807) is 18.2 Å². The monoisotopic (exact) mass is 484 g/mol. The van der Waals surface area contributed by atoms with Crippen LogP contribution in [0.2, 0.25) is 5.02 Å². The fourth-order valence-electron chi connectivity index (χ4n) is 4.09. The molecule has 0 atom stereocenters. The van der Waals surface area contributed by atoms with E-state index in [1.807, 2.05) is 6.07 Å². The Labute approximate surface area is 198 Å². The summed E-state index contributed by atoms with van der Waals surface area (Å²) in [6, 6.07) is 9.55. The van der Waals surface area contributed by atoms with Gasteiger partial charge in [0.1, 0.15) is 5.82 Å². The second kappa shape index (κ2) is 10.0. The number of carboxylic acids is 1. The molecule has 3 aromatic rings. The predicted molar refractivity (Wildman–Crippen MR) is 126 cm³/mol. The standard InChI is InChI=1S/C23H21ClN4O6/c24-17-10-14(11-19(28(32)33)21(17)34-13-20(29)30)12-25-27-22(15-6-2-1-3-7-15)26-18-9-5-4-8-16(18)23(27)31/h4-5,8-12,15H,1-3,6-7,13H2,(H,29,30). The van der Waals surface area contributed by atoms with Gasteiger partial charge in [-0.15, -0.1) is 0 Å². The van der Waals surface area contributed by atoms with Crippen molar-refractivity contribution in [3.8, 4) is 5.75 Å². The summed E-state index contributed by atoms with van der Waals surface area (Å²) in [4.78, 5) is 39.6. The maximum atomic E-state index is 13.3. The number of nitrogens with zero attached hydrogens (tertiary/aromatic N) is 4. The first-order chi connectivity index (χ1) is 16.3. The predicted octanol–water partition coefficient (Wildman–Crippen LogP) is 4.35. The van der Waals surface area contributed by atoms with Gasteiger partial charge in [-0.05, 0) is 31.0 Å². The van der Waals surface area contributed by atoms with Gasteiger partial charge in [0.2, 0.25) is 5.75 Å². The van der Waals surface area contributed by atoms with Gasteiger partial charge in [0.15, 0.2) is 6.61 Å². The Morgan fingerprint density at radius 3 is 2.74 bits per heavy atom. The number of carbonyl (C=O) groups is 1. The van der Waals surface area contributed by atoms with Crippen LogP contribution in [-0.2, 0) is 4.79 Å². The molecule has 0 bridgehead atoms. The van der Waals surface area contributed by atoms with Crippen LogP contribution < -0.4 is 10.3 Å². The van der Waals surface area contributed by atoms with Crippen LogP contribution in [0.15, 0.2) is 46.3 Å². The fourth-order valence-corrected chi connectivity index (χ4v) is 4.37. The number of para-hydroxylation sites is 1. The second-order valence-corrected chi connectivity index (χ2v) is 8.38. The first-order valence-corrected chi connectivity index (χ1v) is 11.1. The molecular weight excluding hydrogens is 464 g/mol. The molecule has 0 aliphatic heterocycles. The minimum Gasteiger partial charge on any atom is -0.479 e. The van der Waals surface area contributed by atoms with Crippen LogP contribution in [0.25, 0.3) is 10.9 Å². The molecule has 2 aromatic carbocycles. The number of hydrogen-bond acceptors (Lipinski definition) is 7. The summed E-state index contributed by atoms with van der Waals surface area (Å²) < 4.78 is 6.25. The molecule has 1 aliphatic carbocycles. The van der Waals surface area contributed by atoms with E-state index >= 15 is 0 Å². The average molecular weight is 485 g/mol. The van der Waals surface area contributed by atoms with E-state index in [9.17, 15) is 19.7 Å². The average Bonchev–Trinajstić information content (AvgIpc) is 2.82. The zero-order valence-electron chi connectivity index (χ0n) is 18.0. The lowest BCUT2D eigenvalue weighted by Gasteiger charge is -2.22. The van der Waals surface area contributed by atoms with E-state index in [0.29, 0.717) is 16.7 Å². The molecule has 1 aromatic heterocycles. The quantitative estimate of drug-likeness (QED) is 0.299. The zero-order valence-corrected chi connectivity index (χ0v) is 18.8. The highest BCUT2D eigenvalue weighted by Gasteiger charge is 2.23. The van der Waals surface area contributed by atoms with Crippen LogP contribution in [0.3, 0.4) is 0 Å². The molecule has 11 heteroatoms. The van der Waals surface area contributed by atoms with Crippen molar-refractivity contribution >= 4 is 40.4 Å². The van der Waals surface area contributed by atoms with Gasteiger partial charge in [-0.2, -0.15) is 9.78 Å². The van der Waals surface area contributed by atoms with Gasteiger partial charge in [-0.3, -0.25) is 14.9 Å². The number of benzene rings is 2. The van der Waals surface area contributed by atoms with E-state index < -0.39 is 23.2 Å². The first-order valence-electron chi connectivity index (χ1n) is 10.7. The number of halogens is 1. The summed E-state index contributed by atoms with van der Waals surface area (Å²) in [5.41, 5.74) is 0.00304. The lowest BCUT2D eigenvalue weighted by Crippen LogP contribution is -2.25. The van der Waals surface area contributed by atoms with E-state index in [4.69, 9.17) is 26.4 Å². The summed E-state index contributed by atoms with van der Waals surface area (Å²) in [6.07, 6.45) is 6.30. The van der Waals surface area contributed by atoms with Crippen LogP contribution in [0.4, 0.5) is 5.69 Å². The summed E-state index contributed by atoms with van der Waals surface area (Å²) >= 11 is 6.14. The molecule has 4 rings (SSSR count). The Morgan fingerprint density at radius 2 is 2.03 bits per heavy atom. The van der Waals surface area contributed by atoms with Crippen LogP contribution in [0, 0.1) is 10.1 Å². The Balaban J connectivity index is 1.78. The van der Waals surface area contributed by atoms with Crippen molar-refractivity contribution in [2.45, 2.75) is 38.0 Å². The number of aromatic nitrogens is 2. The summed E-state index contributed by atoms with van der Waals surface area (Å²) in [5.74, 6) is -1.01. The van der Waals surface area contributed by atoms with E-state index in [-0.39, 0.29) is 27.8 Å². The van der Waals surface area contributed by atoms with Crippen molar-refractivity contribution in [1.29, 1.82) is 0 Å². The molecule has 1 fully saturated rings. The van der Waals surface area contributed by atoms with Crippen LogP contribution in [-0.4, -0.2) is 38.5 Å². The Kier molecular flexibility index (Phi) is 6.87. The van der Waals surface area contributed by atoms with Gasteiger partial charge in [-0.25, -0.2) is 9.78 Å². The lowest BCUT2D eigenvalue weighted by molar-refractivity contribution is -0.385. The van der Waals surface area contributed by atoms with Gasteiger partial charge < -0.3 is 9.84 Å². The number of aliphatic carboxylic acids is 1. The topological polar surface area (TPSA) is 137 Å². The molecule has 1 aliphatic rings. The number of ether oxygens (including phenoxy) is 1. The van der Waals surface area contributed by atoms with Crippen LogP contribution in [0.5, 0.6) is 5.75 Å². The van der Waals surface area contributed by atoms with E-state index in [2.05, 4.69) is 5.10 Å². The maximum absolute atomic E-state index is 13.3. The normalized spacial score (nSPS) is 14.5. The van der Waals surface area contributed by atoms with Gasteiger partial charge in [0.25, 0.3) is 5.56 Å². The summed E-state index contributed by atoms with van der Waals surface area (Å²) in [6.45, 7) is -0.781. The Hall–Kier alpha value is -3.79. The van der Waals surface area contributed by atoms with Crippen molar-refractivity contribution in [2.24, 2.45) is 5.10 Å². The minimum atomic E-state index is -1.30. The molecule has 0 amide bonds. The third-order valence-electron chi connectivity index (χ3n) is 5.65. The second-order valence-electron chi connectivity index (χ2n) is 7.97. The van der Waals surface area contributed by atoms with Crippen molar-refractivity contribution in [3.63, 3.8) is 0 Å². The highest BCUT2D eigenvalue weighted by Crippen LogP contribution is 2.36. The third kappa shape index (κ3) is 4.91. The maximum Gasteiger partial charge on any atom is 0.341 e. The molecule has 1 N–H and O–H groups in total. The largest absolute Gasteiger partial charge is 0.479 e. The molecule has 34 heavy (non-hydrogen) atoms. The van der Waals surface area contributed by atoms with Crippen molar-refractivity contribution < 1.29 is 19.6 Å². The SMILES string of the molecule is O=C(O)COc1c(Cl)cc(C=Nn2c(C3CCCCC3)nc3ccccc3c2=O)cc1[N+](=O)[O-]. The minimum absolute atomic E-state index is 0.0768. The molecule has 10 nitrogen and oxygen atoms in total. The van der Waals surface area contributed by atoms with Gasteiger partial charge in [0, 0.05) is 17.5 Å². The molecule has 1 saturated carbocycles. The van der Waals surface area contributed by atoms with Crippen molar-refractivity contribution in [1.82, 2.24) is 9.66 Å². The Bertz CT molecular complexity index is 1350. The summed E-state index contributed by atoms with van der Waals surface area (Å²) in [7, 11) is 0. The highest BCUT2D eigenvalue weighted by atomic mass is 35.5. The zero-order chi connectivity index (χ0) is 24.2. The third-order valence-corrected chi connectivity index (χ3v) is 5.94. The molecule has 1 heterocycles. The number of carboxylic acid groups (broad SMARTS) is 1. The molecule has 0 unspecified atom stereocenters. The van der Waals surface area contributed by atoms with Crippen molar-refractivity contribution in [2.75, 3.05) is 6.61 Å². The van der Waals surface area contributed by atoms with E-state index in [1.165, 1.54) is 17.0 Å². The van der Waals surface area contributed by atoms with Gasteiger partial charge >= 0.3 is 11.7 Å². The lowest BCUT2D eigenvalue weighted by atomic mass is 9.88. The first kappa shape index (κ1) is 23.4. The molecular formula is C23H21ClN4O6. The number of hydrogen-bond donors (Lipinski definition) is 1. The number of nitro groups is 1. The van der Waals surface area contributed by atoms with Crippen molar-refractivity contribution in [3.05, 3.63) is 73.3 Å². The fraction of sp³-hybridized carbons (Fsp3) is 0.304. The van der Waals surface area contributed by atoms with Gasteiger partial charge in [0.05, 0.1) is 27.1 Å². The molecule has 0 spiro atoms. The number of rotatable bonds is 7. The highest BCUT2D eigenvalue weighted by molar-refractivity contribution is 6.32. The number of fused-ring (bicyclic) bond motifs is 1. The Morgan fingerprint density at radius 1 is 1.29 bits per heavy atom. The summed E-state index contributed by atoms with van der Waals surface area (Å²) in [5, 5.41) is 24.9. The molecule has 0 saturated heterocycles. The molecule has 0 radical (unpaired) electrons.